The maximum atomic E-state index is 11.8. The topological polar surface area (TPSA) is 79.5 Å². The van der Waals surface area contributed by atoms with Gasteiger partial charge in [0.05, 0.1) is 10.7 Å². The smallest absolute Gasteiger partial charge is 0.371 e. The Labute approximate surface area is 117 Å². The summed E-state index contributed by atoms with van der Waals surface area (Å²) in [5.74, 6) is -2.31. The van der Waals surface area contributed by atoms with Crippen molar-refractivity contribution in [1.82, 2.24) is 0 Å². The predicted molar refractivity (Wildman–Crippen MR) is 70.1 cm³/mol. The number of hydrogen-bond donors (Lipinski definition) is 2. The van der Waals surface area contributed by atoms with Crippen molar-refractivity contribution < 1.29 is 19.1 Å². The van der Waals surface area contributed by atoms with Gasteiger partial charge in [0.15, 0.2) is 5.76 Å². The molecule has 1 amide bonds. The van der Waals surface area contributed by atoms with Gasteiger partial charge in [-0.1, -0.05) is 23.2 Å². The van der Waals surface area contributed by atoms with Crippen LogP contribution in [0.25, 0.3) is 0 Å². The van der Waals surface area contributed by atoms with E-state index in [1.165, 1.54) is 24.3 Å². The fourth-order valence-corrected chi connectivity index (χ4v) is 1.69. The second-order valence-corrected chi connectivity index (χ2v) is 4.39. The molecule has 7 heteroatoms. The number of hydrogen-bond acceptors (Lipinski definition) is 3. The summed E-state index contributed by atoms with van der Waals surface area (Å²) >= 11 is 11.7. The van der Waals surface area contributed by atoms with E-state index in [1.54, 1.807) is 6.07 Å². The van der Waals surface area contributed by atoms with Gasteiger partial charge >= 0.3 is 5.97 Å². The predicted octanol–water partition coefficient (Wildman–Crippen LogP) is 3.54. The van der Waals surface area contributed by atoms with Crippen LogP contribution >= 0.6 is 23.2 Å². The van der Waals surface area contributed by atoms with E-state index < -0.39 is 11.9 Å². The number of rotatable bonds is 3. The standard InChI is InChI=1S/C12H7Cl2NO4/c13-6-1-2-7(14)8(5-6)15-11(16)9-3-4-10(19-9)12(17)18/h1-5H,(H,15,16)(H,17,18). The van der Waals surface area contributed by atoms with Crippen molar-refractivity contribution in [2.24, 2.45) is 0 Å². The molecule has 0 atom stereocenters. The minimum absolute atomic E-state index is 0.131. The van der Waals surface area contributed by atoms with Gasteiger partial charge in [-0.2, -0.15) is 0 Å². The third kappa shape index (κ3) is 3.07. The highest BCUT2D eigenvalue weighted by molar-refractivity contribution is 6.35. The van der Waals surface area contributed by atoms with Gasteiger partial charge in [-0.3, -0.25) is 4.79 Å². The number of furan rings is 1. The van der Waals surface area contributed by atoms with Gasteiger partial charge in [0.2, 0.25) is 5.76 Å². The minimum Gasteiger partial charge on any atom is -0.475 e. The molecule has 0 aliphatic heterocycles. The Kier molecular flexibility index (Phi) is 3.78. The Morgan fingerprint density at radius 1 is 1.11 bits per heavy atom. The molecule has 0 aliphatic carbocycles. The van der Waals surface area contributed by atoms with E-state index in [1.807, 2.05) is 0 Å². The second-order valence-electron chi connectivity index (χ2n) is 3.55. The number of carboxylic acid groups (broad SMARTS) is 1. The molecule has 0 unspecified atom stereocenters. The molecule has 0 bridgehead atoms. The lowest BCUT2D eigenvalue weighted by molar-refractivity contribution is 0.0660. The van der Waals surface area contributed by atoms with Crippen molar-refractivity contribution >= 4 is 40.8 Å². The van der Waals surface area contributed by atoms with E-state index >= 15 is 0 Å². The van der Waals surface area contributed by atoms with Gasteiger partial charge in [-0.25, -0.2) is 4.79 Å². The molecule has 0 aliphatic rings. The highest BCUT2D eigenvalue weighted by atomic mass is 35.5. The summed E-state index contributed by atoms with van der Waals surface area (Å²) in [6, 6.07) is 7.04. The van der Waals surface area contributed by atoms with Crippen LogP contribution in [0, 0.1) is 0 Å². The highest BCUT2D eigenvalue weighted by Crippen LogP contribution is 2.26. The Morgan fingerprint density at radius 2 is 1.79 bits per heavy atom. The lowest BCUT2D eigenvalue weighted by Gasteiger charge is -2.05. The first kappa shape index (κ1) is 13.5. The fourth-order valence-electron chi connectivity index (χ4n) is 1.35. The van der Waals surface area contributed by atoms with Crippen LogP contribution < -0.4 is 5.32 Å². The monoisotopic (exact) mass is 299 g/mol. The largest absolute Gasteiger partial charge is 0.475 e. The number of carboxylic acids is 1. The molecule has 1 heterocycles. The summed E-state index contributed by atoms with van der Waals surface area (Å²) in [4.78, 5) is 22.4. The SMILES string of the molecule is O=C(O)c1ccc(C(=O)Nc2cc(Cl)ccc2Cl)o1. The summed E-state index contributed by atoms with van der Waals surface area (Å²) in [5, 5.41) is 11.9. The first-order valence-corrected chi connectivity index (χ1v) is 5.82. The lowest BCUT2D eigenvalue weighted by Crippen LogP contribution is -2.11. The molecule has 19 heavy (non-hydrogen) atoms. The molecule has 0 saturated carbocycles. The van der Waals surface area contributed by atoms with Gasteiger partial charge in [0.1, 0.15) is 0 Å². The molecule has 98 valence electrons. The third-order valence-corrected chi connectivity index (χ3v) is 2.78. The number of aromatic carboxylic acids is 1. The average Bonchev–Trinajstić information content (AvgIpc) is 2.83. The van der Waals surface area contributed by atoms with E-state index in [4.69, 9.17) is 32.7 Å². The summed E-state index contributed by atoms with van der Waals surface area (Å²) in [6.45, 7) is 0. The van der Waals surface area contributed by atoms with Crippen LogP contribution in [0.15, 0.2) is 34.7 Å². The van der Waals surface area contributed by atoms with Crippen molar-refractivity contribution in [2.75, 3.05) is 5.32 Å². The van der Waals surface area contributed by atoms with Crippen LogP contribution in [0.1, 0.15) is 21.1 Å². The molecule has 0 radical (unpaired) electrons. The van der Waals surface area contributed by atoms with E-state index in [-0.39, 0.29) is 11.5 Å². The zero-order valence-corrected chi connectivity index (χ0v) is 10.8. The number of anilines is 1. The number of carbonyl (C=O) groups excluding carboxylic acids is 1. The Morgan fingerprint density at radius 3 is 2.42 bits per heavy atom. The summed E-state index contributed by atoms with van der Waals surface area (Å²) in [7, 11) is 0. The Hall–Kier alpha value is -1.98. The van der Waals surface area contributed by atoms with Crippen LogP contribution in [0.5, 0.6) is 0 Å². The van der Waals surface area contributed by atoms with Crippen LogP contribution in [-0.2, 0) is 0 Å². The number of nitrogens with one attached hydrogen (secondary N) is 1. The first-order chi connectivity index (χ1) is 8.97. The molecular weight excluding hydrogens is 293 g/mol. The lowest BCUT2D eigenvalue weighted by atomic mass is 10.3. The van der Waals surface area contributed by atoms with Crippen molar-refractivity contribution in [3.05, 3.63) is 51.9 Å². The number of benzene rings is 1. The fraction of sp³-hybridized carbons (Fsp3) is 0. The summed E-state index contributed by atoms with van der Waals surface area (Å²) in [6.07, 6.45) is 0. The van der Waals surface area contributed by atoms with Crippen LogP contribution in [-0.4, -0.2) is 17.0 Å². The first-order valence-electron chi connectivity index (χ1n) is 5.07. The summed E-state index contributed by atoms with van der Waals surface area (Å²) in [5.41, 5.74) is 0.312. The van der Waals surface area contributed by atoms with Gasteiger partial charge in [0, 0.05) is 5.02 Å². The van der Waals surface area contributed by atoms with Gasteiger partial charge in [-0.15, -0.1) is 0 Å². The highest BCUT2D eigenvalue weighted by Gasteiger charge is 2.16. The molecule has 5 nitrogen and oxygen atoms in total. The maximum absolute atomic E-state index is 11.8. The Bertz CT molecular complexity index is 651. The zero-order chi connectivity index (χ0) is 14.0. The number of carbonyl (C=O) groups is 2. The quantitative estimate of drug-likeness (QED) is 0.908. The van der Waals surface area contributed by atoms with Crippen LogP contribution in [0.2, 0.25) is 10.0 Å². The molecule has 1 aromatic carbocycles. The van der Waals surface area contributed by atoms with Crippen molar-refractivity contribution in [1.29, 1.82) is 0 Å². The van der Waals surface area contributed by atoms with Crippen molar-refractivity contribution in [2.45, 2.75) is 0 Å². The van der Waals surface area contributed by atoms with Crippen LogP contribution in [0.4, 0.5) is 5.69 Å². The molecule has 1 aromatic heterocycles. The minimum atomic E-state index is -1.25. The normalized spacial score (nSPS) is 10.2. The van der Waals surface area contributed by atoms with E-state index in [9.17, 15) is 9.59 Å². The molecule has 0 fully saturated rings. The zero-order valence-electron chi connectivity index (χ0n) is 9.31. The maximum Gasteiger partial charge on any atom is 0.371 e. The second kappa shape index (κ2) is 5.34. The third-order valence-electron chi connectivity index (χ3n) is 2.22. The van der Waals surface area contributed by atoms with Gasteiger partial charge in [0.25, 0.3) is 5.91 Å². The molecule has 0 spiro atoms. The van der Waals surface area contributed by atoms with E-state index in [0.29, 0.717) is 15.7 Å². The number of amides is 1. The molecular formula is C12H7Cl2NO4. The van der Waals surface area contributed by atoms with Crippen molar-refractivity contribution in [3.63, 3.8) is 0 Å². The number of halogens is 2. The molecule has 2 N–H and O–H groups in total. The molecule has 0 saturated heterocycles. The van der Waals surface area contributed by atoms with Gasteiger partial charge < -0.3 is 14.8 Å². The summed E-state index contributed by atoms with van der Waals surface area (Å²) < 4.78 is 4.86. The molecule has 2 aromatic rings. The van der Waals surface area contributed by atoms with E-state index in [2.05, 4.69) is 5.32 Å². The van der Waals surface area contributed by atoms with E-state index in [0.717, 1.165) is 0 Å². The van der Waals surface area contributed by atoms with Crippen molar-refractivity contribution in [3.8, 4) is 0 Å². The van der Waals surface area contributed by atoms with Gasteiger partial charge in [-0.05, 0) is 30.3 Å². The Balaban J connectivity index is 2.20. The average molecular weight is 300 g/mol. The van der Waals surface area contributed by atoms with Crippen LogP contribution in [0.3, 0.4) is 0 Å². The molecule has 2 rings (SSSR count).